The predicted octanol–water partition coefficient (Wildman–Crippen LogP) is 2.44. The molecule has 1 rings (SSSR count). The predicted molar refractivity (Wildman–Crippen MR) is 58.4 cm³/mol. The molecular formula is C12H15FO3. The molecule has 88 valence electrons. The van der Waals surface area contributed by atoms with Crippen LogP contribution in [0.4, 0.5) is 4.39 Å². The molecule has 1 unspecified atom stereocenters. The molecule has 0 amide bonds. The molecule has 0 radical (unpaired) electrons. The molecule has 0 saturated heterocycles. The van der Waals surface area contributed by atoms with Crippen molar-refractivity contribution in [2.75, 3.05) is 0 Å². The molecule has 1 aromatic carbocycles. The summed E-state index contributed by atoms with van der Waals surface area (Å²) in [5.74, 6) is -0.730. The number of carbonyl (C=O) groups is 1. The van der Waals surface area contributed by atoms with Gasteiger partial charge in [-0.05, 0) is 31.5 Å². The Balaban J connectivity index is 2.61. The Morgan fingerprint density at radius 1 is 1.38 bits per heavy atom. The Morgan fingerprint density at radius 3 is 2.38 bits per heavy atom. The summed E-state index contributed by atoms with van der Waals surface area (Å²) in [7, 11) is 0. The summed E-state index contributed by atoms with van der Waals surface area (Å²) in [6.07, 6.45) is -1.88. The monoisotopic (exact) mass is 226 g/mol. The molecule has 3 nitrogen and oxygen atoms in total. The van der Waals surface area contributed by atoms with Crippen LogP contribution in [0.2, 0.25) is 0 Å². The number of benzene rings is 1. The first kappa shape index (κ1) is 12.5. The third-order valence-corrected chi connectivity index (χ3v) is 1.98. The topological polar surface area (TPSA) is 46.5 Å². The van der Waals surface area contributed by atoms with Crippen molar-refractivity contribution < 1.29 is 19.0 Å². The number of carboxylic acids is 1. The van der Waals surface area contributed by atoms with E-state index in [2.05, 4.69) is 0 Å². The largest absolute Gasteiger partial charge is 0.491 e. The van der Waals surface area contributed by atoms with E-state index in [1.807, 2.05) is 13.8 Å². The van der Waals surface area contributed by atoms with Crippen LogP contribution in [-0.4, -0.2) is 23.4 Å². The average molecular weight is 226 g/mol. The summed E-state index contributed by atoms with van der Waals surface area (Å²) in [4.78, 5) is 10.3. The van der Waals surface area contributed by atoms with Crippen LogP contribution in [0, 0.1) is 0 Å². The fraction of sp³-hybridized carbons (Fsp3) is 0.417. The van der Waals surface area contributed by atoms with Gasteiger partial charge in [-0.15, -0.1) is 0 Å². The van der Waals surface area contributed by atoms with Gasteiger partial charge >= 0.3 is 5.97 Å². The van der Waals surface area contributed by atoms with E-state index in [1.54, 1.807) is 24.3 Å². The molecule has 1 N–H and O–H groups in total. The number of halogens is 1. The molecular weight excluding hydrogens is 211 g/mol. The van der Waals surface area contributed by atoms with E-state index in [4.69, 9.17) is 9.84 Å². The number of ether oxygens (including phenoxy) is 1. The van der Waals surface area contributed by atoms with Crippen LogP contribution >= 0.6 is 0 Å². The molecule has 0 bridgehead atoms. The molecule has 1 aromatic rings. The second-order valence-electron chi connectivity index (χ2n) is 3.82. The van der Waals surface area contributed by atoms with E-state index in [0.29, 0.717) is 11.3 Å². The van der Waals surface area contributed by atoms with E-state index in [9.17, 15) is 9.18 Å². The third kappa shape index (κ3) is 3.88. The Bertz CT molecular complexity index is 346. The Labute approximate surface area is 93.9 Å². The Hall–Kier alpha value is -1.58. The summed E-state index contributed by atoms with van der Waals surface area (Å²) in [6.45, 7) is 3.83. The van der Waals surface area contributed by atoms with Crippen LogP contribution in [0.5, 0.6) is 5.75 Å². The zero-order valence-electron chi connectivity index (χ0n) is 9.31. The molecule has 0 saturated carbocycles. The van der Waals surface area contributed by atoms with Crippen LogP contribution < -0.4 is 4.74 Å². The van der Waals surface area contributed by atoms with E-state index in [0.717, 1.165) is 0 Å². The van der Waals surface area contributed by atoms with Crippen molar-refractivity contribution in [3.05, 3.63) is 29.8 Å². The van der Waals surface area contributed by atoms with Crippen molar-refractivity contribution in [2.45, 2.75) is 32.5 Å². The number of hydrogen-bond acceptors (Lipinski definition) is 2. The lowest BCUT2D eigenvalue weighted by Crippen LogP contribution is -2.17. The van der Waals surface area contributed by atoms with Crippen LogP contribution in [0.25, 0.3) is 0 Å². The maximum atomic E-state index is 12.9. The van der Waals surface area contributed by atoms with Gasteiger partial charge in [-0.1, -0.05) is 12.1 Å². The fourth-order valence-electron chi connectivity index (χ4n) is 1.27. The summed E-state index contributed by atoms with van der Waals surface area (Å²) in [6, 6.07) is 6.77. The number of carboxylic acid groups (broad SMARTS) is 1. The van der Waals surface area contributed by atoms with Gasteiger partial charge in [0.2, 0.25) is 6.17 Å². The lowest BCUT2D eigenvalue weighted by Gasteiger charge is -2.10. The Kier molecular flexibility index (Phi) is 4.28. The standard InChI is InChI=1S/C12H15FO3/c1-8(2)16-10-5-3-9(4-6-10)7-11(13)12(14)15/h3-6,8,11H,7H2,1-2H3,(H,14,15). The van der Waals surface area contributed by atoms with Crippen molar-refractivity contribution in [1.29, 1.82) is 0 Å². The molecule has 4 heteroatoms. The molecule has 0 aromatic heterocycles. The molecule has 0 aliphatic heterocycles. The van der Waals surface area contributed by atoms with Gasteiger partial charge in [0.15, 0.2) is 0 Å². The van der Waals surface area contributed by atoms with Gasteiger partial charge in [0, 0.05) is 6.42 Å². The van der Waals surface area contributed by atoms with Gasteiger partial charge in [0.05, 0.1) is 6.10 Å². The molecule has 0 aliphatic carbocycles. The van der Waals surface area contributed by atoms with Crippen molar-refractivity contribution in [2.24, 2.45) is 0 Å². The number of hydrogen-bond donors (Lipinski definition) is 1. The Morgan fingerprint density at radius 2 is 1.94 bits per heavy atom. The summed E-state index contributed by atoms with van der Waals surface area (Å²) in [5.41, 5.74) is 0.644. The fourth-order valence-corrected chi connectivity index (χ4v) is 1.27. The minimum atomic E-state index is -1.85. The average Bonchev–Trinajstić information content (AvgIpc) is 2.20. The van der Waals surface area contributed by atoms with Gasteiger partial charge in [-0.2, -0.15) is 0 Å². The van der Waals surface area contributed by atoms with Crippen LogP contribution in [-0.2, 0) is 11.2 Å². The van der Waals surface area contributed by atoms with E-state index in [1.165, 1.54) is 0 Å². The van der Waals surface area contributed by atoms with Crippen molar-refractivity contribution >= 4 is 5.97 Å². The van der Waals surface area contributed by atoms with Crippen molar-refractivity contribution in [3.63, 3.8) is 0 Å². The molecule has 1 atom stereocenters. The summed E-state index contributed by atoms with van der Waals surface area (Å²) in [5, 5.41) is 8.42. The van der Waals surface area contributed by atoms with Crippen LogP contribution in [0.1, 0.15) is 19.4 Å². The first-order chi connectivity index (χ1) is 7.49. The quantitative estimate of drug-likeness (QED) is 0.838. The zero-order chi connectivity index (χ0) is 12.1. The maximum Gasteiger partial charge on any atom is 0.338 e. The van der Waals surface area contributed by atoms with E-state index < -0.39 is 12.1 Å². The zero-order valence-corrected chi connectivity index (χ0v) is 9.31. The first-order valence-corrected chi connectivity index (χ1v) is 5.11. The lowest BCUT2D eigenvalue weighted by molar-refractivity contribution is -0.142. The summed E-state index contributed by atoms with van der Waals surface area (Å²) >= 11 is 0. The minimum Gasteiger partial charge on any atom is -0.491 e. The second kappa shape index (κ2) is 5.49. The molecule has 0 heterocycles. The maximum absolute atomic E-state index is 12.9. The number of aliphatic carboxylic acids is 1. The molecule has 16 heavy (non-hydrogen) atoms. The van der Waals surface area contributed by atoms with Crippen LogP contribution in [0.15, 0.2) is 24.3 Å². The van der Waals surface area contributed by atoms with Crippen LogP contribution in [0.3, 0.4) is 0 Å². The highest BCUT2D eigenvalue weighted by atomic mass is 19.1. The number of alkyl halides is 1. The summed E-state index contributed by atoms with van der Waals surface area (Å²) < 4.78 is 18.3. The second-order valence-corrected chi connectivity index (χ2v) is 3.82. The lowest BCUT2D eigenvalue weighted by atomic mass is 10.1. The normalized spacial score (nSPS) is 12.5. The van der Waals surface area contributed by atoms with Crippen molar-refractivity contribution in [1.82, 2.24) is 0 Å². The van der Waals surface area contributed by atoms with Crippen molar-refractivity contribution in [3.8, 4) is 5.75 Å². The van der Waals surface area contributed by atoms with Gasteiger partial charge in [0.1, 0.15) is 5.75 Å². The van der Waals surface area contributed by atoms with Gasteiger partial charge in [-0.25, -0.2) is 9.18 Å². The SMILES string of the molecule is CC(C)Oc1ccc(CC(F)C(=O)O)cc1. The van der Waals surface area contributed by atoms with E-state index in [-0.39, 0.29) is 12.5 Å². The smallest absolute Gasteiger partial charge is 0.338 e. The van der Waals surface area contributed by atoms with Gasteiger partial charge < -0.3 is 9.84 Å². The highest BCUT2D eigenvalue weighted by Gasteiger charge is 2.15. The van der Waals surface area contributed by atoms with E-state index >= 15 is 0 Å². The highest BCUT2D eigenvalue weighted by Crippen LogP contribution is 2.15. The van der Waals surface area contributed by atoms with Gasteiger partial charge in [-0.3, -0.25) is 0 Å². The molecule has 0 aliphatic rings. The highest BCUT2D eigenvalue weighted by molar-refractivity contribution is 5.72. The minimum absolute atomic E-state index is 0.0822. The third-order valence-electron chi connectivity index (χ3n) is 1.98. The molecule has 0 fully saturated rings. The first-order valence-electron chi connectivity index (χ1n) is 5.11. The van der Waals surface area contributed by atoms with Gasteiger partial charge in [0.25, 0.3) is 0 Å². The number of rotatable bonds is 5. The molecule has 0 spiro atoms.